The van der Waals surface area contributed by atoms with Crippen molar-refractivity contribution in [2.45, 2.75) is 38.0 Å². The van der Waals surface area contributed by atoms with Crippen molar-refractivity contribution in [3.63, 3.8) is 0 Å². The summed E-state index contributed by atoms with van der Waals surface area (Å²) >= 11 is 6.08. The topological polar surface area (TPSA) is 89.4 Å². The number of halogens is 1. The molecule has 1 aromatic heterocycles. The van der Waals surface area contributed by atoms with Crippen molar-refractivity contribution in [1.29, 1.82) is 0 Å². The van der Waals surface area contributed by atoms with Crippen LogP contribution in [0.15, 0.2) is 151 Å². The number of allylic oxidation sites excluding steroid dienone is 10. The number of rotatable bonds is 13. The number of hydrogen-bond donors (Lipinski definition) is 1. The molecule has 1 N–H and O–H groups in total. The van der Waals surface area contributed by atoms with Crippen LogP contribution < -0.4 is 15.0 Å². The quantitative estimate of drug-likeness (QED) is 0.0654. The van der Waals surface area contributed by atoms with E-state index >= 15 is 0 Å². The van der Waals surface area contributed by atoms with Gasteiger partial charge in [-0.1, -0.05) is 108 Å². The Morgan fingerprint density at radius 1 is 0.941 bits per heavy atom. The van der Waals surface area contributed by atoms with Gasteiger partial charge in [-0.05, 0) is 78.6 Å². The molecule has 1 fully saturated rings. The summed E-state index contributed by atoms with van der Waals surface area (Å²) in [7, 11) is 0. The van der Waals surface area contributed by atoms with E-state index in [1.165, 1.54) is 0 Å². The standard InChI is InChI=1S/C36H32ClN5O3.C5H6.Fe/c37-29-14-16-31(17-15-29)42-33(20-10-26-6-2-1-3-7-26)35(36(42)44)38-24-30-25-41(40-39-30)22-23-45-32-18-12-28(13-19-32)34(43)21-11-27-8-4-5-9-27;1-2-4-5-3-1;/h1-4,6-21,25,33,35,38H,5,22-24H2;1-4H,5H2;/q;;+2/b20-10+,21-11+;;/t33-,35+;;/m1../s1. The maximum absolute atomic E-state index is 13.2. The third-order valence-corrected chi connectivity index (χ3v) is 8.49. The van der Waals surface area contributed by atoms with Crippen LogP contribution in [0.1, 0.15) is 34.5 Å². The number of nitrogens with zero attached hydrogens (tertiary/aromatic N) is 4. The zero-order valence-corrected chi connectivity index (χ0v) is 29.7. The van der Waals surface area contributed by atoms with E-state index in [1.807, 2.05) is 73.0 Å². The number of benzene rings is 3. The van der Waals surface area contributed by atoms with Crippen LogP contribution in [-0.2, 0) is 35.0 Å². The minimum Gasteiger partial charge on any atom is -0.492 e. The summed E-state index contributed by atoms with van der Waals surface area (Å²) in [5.41, 5.74) is 4.23. The molecule has 0 spiro atoms. The largest absolute Gasteiger partial charge is 2.00 e. The number of amides is 1. The molecular formula is C41H38ClFeN5O3+2. The predicted octanol–water partition coefficient (Wildman–Crippen LogP) is 7.72. The van der Waals surface area contributed by atoms with Gasteiger partial charge in [0.15, 0.2) is 5.78 Å². The summed E-state index contributed by atoms with van der Waals surface area (Å²) in [5.74, 6) is 0.599. The number of carbonyl (C=O) groups excluding carboxylic acids is 2. The minimum absolute atomic E-state index is 0. The van der Waals surface area contributed by atoms with Crippen LogP contribution in [0.2, 0.25) is 5.02 Å². The number of aromatic nitrogens is 3. The van der Waals surface area contributed by atoms with E-state index in [2.05, 4.69) is 52.1 Å². The molecule has 3 aliphatic rings. The van der Waals surface area contributed by atoms with Crippen molar-refractivity contribution in [2.75, 3.05) is 11.5 Å². The van der Waals surface area contributed by atoms with Crippen molar-refractivity contribution in [3.8, 4) is 5.75 Å². The van der Waals surface area contributed by atoms with E-state index in [0.29, 0.717) is 36.0 Å². The van der Waals surface area contributed by atoms with Crippen LogP contribution in [0.4, 0.5) is 5.69 Å². The molecule has 1 aliphatic heterocycles. The molecule has 0 unspecified atom stereocenters. The van der Waals surface area contributed by atoms with E-state index in [-0.39, 0.29) is 34.8 Å². The molecular weight excluding hydrogens is 702 g/mol. The molecule has 10 heteroatoms. The van der Waals surface area contributed by atoms with Gasteiger partial charge in [-0.2, -0.15) is 0 Å². The fourth-order valence-electron chi connectivity index (χ4n) is 5.57. The van der Waals surface area contributed by atoms with E-state index < -0.39 is 6.04 Å². The van der Waals surface area contributed by atoms with Gasteiger partial charge in [0.25, 0.3) is 0 Å². The number of nitrogens with one attached hydrogen (secondary N) is 1. The Morgan fingerprint density at radius 2 is 1.71 bits per heavy atom. The average Bonchev–Trinajstić information content (AvgIpc) is 3.97. The molecule has 2 atom stereocenters. The smallest absolute Gasteiger partial charge is 0.492 e. The van der Waals surface area contributed by atoms with Gasteiger partial charge < -0.3 is 9.64 Å². The van der Waals surface area contributed by atoms with E-state index in [1.54, 1.807) is 52.1 Å². The van der Waals surface area contributed by atoms with Crippen LogP contribution in [0.5, 0.6) is 5.75 Å². The fourth-order valence-corrected chi connectivity index (χ4v) is 5.69. The Bertz CT molecular complexity index is 1940. The van der Waals surface area contributed by atoms with E-state index in [0.717, 1.165) is 35.4 Å². The van der Waals surface area contributed by atoms with Crippen LogP contribution >= 0.6 is 11.6 Å². The van der Waals surface area contributed by atoms with Gasteiger partial charge in [0.2, 0.25) is 5.91 Å². The van der Waals surface area contributed by atoms with Crippen molar-refractivity contribution in [2.24, 2.45) is 0 Å². The molecule has 4 aromatic rings. The van der Waals surface area contributed by atoms with Crippen molar-refractivity contribution in [1.82, 2.24) is 20.3 Å². The monoisotopic (exact) mass is 739 g/mol. The Hall–Kier alpha value is -5.05. The number of hydrogen-bond acceptors (Lipinski definition) is 6. The first-order valence-electron chi connectivity index (χ1n) is 16.6. The summed E-state index contributed by atoms with van der Waals surface area (Å²) in [5, 5.41) is 12.5. The Balaban J connectivity index is 0.000000774. The molecule has 3 aromatic carbocycles. The fraction of sp³-hybridized carbons (Fsp3) is 0.171. The Kier molecular flexibility index (Phi) is 13.7. The van der Waals surface area contributed by atoms with Gasteiger partial charge >= 0.3 is 17.1 Å². The maximum Gasteiger partial charge on any atom is 2.00 e. The molecule has 8 nitrogen and oxygen atoms in total. The van der Waals surface area contributed by atoms with Gasteiger partial charge in [-0.25, -0.2) is 4.68 Å². The second-order valence-electron chi connectivity index (χ2n) is 11.8. The van der Waals surface area contributed by atoms with E-state index in [4.69, 9.17) is 16.3 Å². The Morgan fingerprint density at radius 3 is 2.39 bits per heavy atom. The summed E-state index contributed by atoms with van der Waals surface area (Å²) in [6, 6.07) is 23.8. The van der Waals surface area contributed by atoms with Gasteiger partial charge in [0, 0.05) is 29.0 Å². The van der Waals surface area contributed by atoms with Gasteiger partial charge in [-0.15, -0.1) is 5.10 Å². The number of carbonyl (C=O) groups is 2. The normalized spacial score (nSPS) is 17.3. The molecule has 0 saturated carbocycles. The SMILES string of the molecule is C1=CCC=C1.O=C(/C=C/C1=CCC=C1)c1ccc(OCCn2cc(CN[C@@H]3C(=O)N(c4ccc(Cl)cc4)[C@@H]3/C=C/c3ccccc3)nn2)cc1.[Fe+2]. The molecule has 2 heterocycles. The van der Waals surface area contributed by atoms with Crippen molar-refractivity contribution in [3.05, 3.63) is 173 Å². The molecule has 258 valence electrons. The number of ketones is 1. The summed E-state index contributed by atoms with van der Waals surface area (Å²) < 4.78 is 7.56. The minimum atomic E-state index is -0.406. The van der Waals surface area contributed by atoms with Crippen molar-refractivity contribution >= 4 is 35.1 Å². The van der Waals surface area contributed by atoms with Gasteiger partial charge in [0.1, 0.15) is 18.4 Å². The molecule has 7 rings (SSSR count). The third kappa shape index (κ3) is 10.5. The maximum atomic E-state index is 13.2. The molecule has 0 bridgehead atoms. The number of β-lactam (4-membered cyclic amide) rings is 1. The summed E-state index contributed by atoms with van der Waals surface area (Å²) in [6.07, 6.45) is 25.9. The zero-order chi connectivity index (χ0) is 34.5. The summed E-state index contributed by atoms with van der Waals surface area (Å²) in [4.78, 5) is 27.4. The molecule has 2 aliphatic carbocycles. The predicted molar refractivity (Wildman–Crippen MR) is 199 cm³/mol. The third-order valence-electron chi connectivity index (χ3n) is 8.23. The van der Waals surface area contributed by atoms with Crippen LogP contribution in [0, 0.1) is 0 Å². The zero-order valence-electron chi connectivity index (χ0n) is 27.9. The first kappa shape index (κ1) is 37.2. The molecule has 0 radical (unpaired) electrons. The molecule has 51 heavy (non-hydrogen) atoms. The van der Waals surface area contributed by atoms with Crippen LogP contribution in [0.3, 0.4) is 0 Å². The second-order valence-corrected chi connectivity index (χ2v) is 12.2. The number of anilines is 1. The van der Waals surface area contributed by atoms with Crippen LogP contribution in [0.25, 0.3) is 6.08 Å². The van der Waals surface area contributed by atoms with Gasteiger partial charge in [-0.3, -0.25) is 14.9 Å². The van der Waals surface area contributed by atoms with E-state index in [9.17, 15) is 9.59 Å². The molecule has 1 saturated heterocycles. The average molecular weight is 740 g/mol. The molecule has 1 amide bonds. The van der Waals surface area contributed by atoms with Crippen LogP contribution in [-0.4, -0.2) is 45.4 Å². The Labute approximate surface area is 314 Å². The first-order valence-corrected chi connectivity index (χ1v) is 17.0. The van der Waals surface area contributed by atoms with Gasteiger partial charge in [0.05, 0.1) is 18.3 Å². The van der Waals surface area contributed by atoms with Crippen molar-refractivity contribution < 1.29 is 31.4 Å². The number of ether oxygens (including phenoxy) is 1. The second kappa shape index (κ2) is 18.8. The summed E-state index contributed by atoms with van der Waals surface area (Å²) in [6.45, 7) is 1.26. The first-order chi connectivity index (χ1) is 24.5.